The molecule has 1 aromatic rings. The van der Waals surface area contributed by atoms with Crippen molar-refractivity contribution < 1.29 is 4.79 Å². The molecule has 3 N–H and O–H groups in total. The molecule has 110 valence electrons. The van der Waals surface area contributed by atoms with E-state index >= 15 is 0 Å². The smallest absolute Gasteiger partial charge is 0.251 e. The molecule has 1 aliphatic carbocycles. The highest BCUT2D eigenvalue weighted by molar-refractivity contribution is 5.95. The van der Waals surface area contributed by atoms with Crippen molar-refractivity contribution in [2.75, 3.05) is 12.3 Å². The van der Waals surface area contributed by atoms with E-state index in [0.717, 1.165) is 0 Å². The van der Waals surface area contributed by atoms with Crippen molar-refractivity contribution in [2.24, 2.45) is 5.92 Å². The second-order valence-electron chi connectivity index (χ2n) is 6.33. The molecule has 1 saturated carbocycles. The molecule has 0 atom stereocenters. The Morgan fingerprint density at radius 1 is 1.25 bits per heavy atom. The first-order chi connectivity index (χ1) is 9.56. The van der Waals surface area contributed by atoms with E-state index in [9.17, 15) is 4.79 Å². The van der Waals surface area contributed by atoms with Crippen LogP contribution in [0.4, 0.5) is 5.69 Å². The minimum absolute atomic E-state index is 0.0111. The molecule has 0 unspecified atom stereocenters. The van der Waals surface area contributed by atoms with Gasteiger partial charge in [0.25, 0.3) is 5.91 Å². The van der Waals surface area contributed by atoms with Gasteiger partial charge in [-0.3, -0.25) is 4.79 Å². The average Bonchev–Trinajstić information content (AvgIpc) is 2.45. The lowest BCUT2D eigenvalue weighted by molar-refractivity contribution is 0.0949. The molecule has 2 rings (SSSR count). The van der Waals surface area contributed by atoms with Crippen LogP contribution in [0.15, 0.2) is 18.2 Å². The molecule has 0 saturated heterocycles. The van der Waals surface area contributed by atoms with E-state index in [1.807, 2.05) is 12.1 Å². The van der Waals surface area contributed by atoms with E-state index in [-0.39, 0.29) is 5.91 Å². The molecule has 1 aromatic carbocycles. The fourth-order valence-corrected chi connectivity index (χ4v) is 2.88. The second-order valence-corrected chi connectivity index (χ2v) is 6.33. The van der Waals surface area contributed by atoms with Crippen molar-refractivity contribution in [3.8, 4) is 0 Å². The standard InChI is InChI=1S/C17H26N2O/c1-12(2)11-19-17(20)15-8-14(9-16(18)10-15)13-6-4-3-5-7-13/h8-10,12-13H,3-7,11,18H2,1-2H3,(H,19,20). The Kier molecular flexibility index (Phi) is 5.05. The van der Waals surface area contributed by atoms with Gasteiger partial charge in [-0.05, 0) is 48.4 Å². The third-order valence-electron chi connectivity index (χ3n) is 3.99. The number of nitrogens with two attached hydrogens (primary N) is 1. The van der Waals surface area contributed by atoms with Gasteiger partial charge in [0.1, 0.15) is 0 Å². The van der Waals surface area contributed by atoms with Gasteiger partial charge >= 0.3 is 0 Å². The summed E-state index contributed by atoms with van der Waals surface area (Å²) in [6.45, 7) is 4.88. The van der Waals surface area contributed by atoms with Crippen molar-refractivity contribution in [1.29, 1.82) is 0 Å². The van der Waals surface area contributed by atoms with Crippen LogP contribution in [0.1, 0.15) is 67.8 Å². The zero-order chi connectivity index (χ0) is 14.5. The fraction of sp³-hybridized carbons (Fsp3) is 0.588. The number of carbonyl (C=O) groups is 1. The van der Waals surface area contributed by atoms with E-state index in [2.05, 4.69) is 19.2 Å². The minimum atomic E-state index is -0.0111. The number of hydrogen-bond acceptors (Lipinski definition) is 2. The summed E-state index contributed by atoms with van der Waals surface area (Å²) < 4.78 is 0. The Hall–Kier alpha value is -1.51. The molecule has 1 aliphatic rings. The summed E-state index contributed by atoms with van der Waals surface area (Å²) in [5.41, 5.74) is 8.61. The third kappa shape index (κ3) is 3.99. The number of nitrogens with one attached hydrogen (secondary N) is 1. The SMILES string of the molecule is CC(C)CNC(=O)c1cc(N)cc(C2CCCCC2)c1. The lowest BCUT2D eigenvalue weighted by Crippen LogP contribution is -2.27. The van der Waals surface area contributed by atoms with E-state index in [0.29, 0.717) is 29.6 Å². The van der Waals surface area contributed by atoms with Gasteiger partial charge in [0.15, 0.2) is 0 Å². The summed E-state index contributed by atoms with van der Waals surface area (Å²) in [6, 6.07) is 5.85. The summed E-state index contributed by atoms with van der Waals surface area (Å²) in [4.78, 5) is 12.2. The molecular formula is C17H26N2O. The summed E-state index contributed by atoms with van der Waals surface area (Å²) in [5, 5.41) is 2.96. The molecular weight excluding hydrogens is 248 g/mol. The molecule has 0 aromatic heterocycles. The van der Waals surface area contributed by atoms with Gasteiger partial charge in [-0.2, -0.15) is 0 Å². The molecule has 1 fully saturated rings. The van der Waals surface area contributed by atoms with Crippen LogP contribution in [-0.4, -0.2) is 12.5 Å². The Morgan fingerprint density at radius 3 is 2.60 bits per heavy atom. The maximum Gasteiger partial charge on any atom is 0.251 e. The van der Waals surface area contributed by atoms with Gasteiger partial charge in [0.05, 0.1) is 0 Å². The van der Waals surface area contributed by atoms with Gasteiger partial charge in [-0.15, -0.1) is 0 Å². The average molecular weight is 274 g/mol. The topological polar surface area (TPSA) is 55.1 Å². The van der Waals surface area contributed by atoms with Crippen molar-refractivity contribution >= 4 is 11.6 Å². The van der Waals surface area contributed by atoms with E-state index < -0.39 is 0 Å². The van der Waals surface area contributed by atoms with Crippen LogP contribution >= 0.6 is 0 Å². The lowest BCUT2D eigenvalue weighted by Gasteiger charge is -2.22. The number of carbonyl (C=O) groups excluding carboxylic acids is 1. The highest BCUT2D eigenvalue weighted by Crippen LogP contribution is 2.33. The largest absolute Gasteiger partial charge is 0.399 e. The van der Waals surface area contributed by atoms with E-state index in [1.54, 1.807) is 6.07 Å². The number of anilines is 1. The van der Waals surface area contributed by atoms with Crippen LogP contribution in [0.3, 0.4) is 0 Å². The van der Waals surface area contributed by atoms with Gasteiger partial charge in [-0.1, -0.05) is 33.1 Å². The van der Waals surface area contributed by atoms with Crippen molar-refractivity contribution in [1.82, 2.24) is 5.32 Å². The van der Waals surface area contributed by atoms with Crippen LogP contribution in [-0.2, 0) is 0 Å². The number of hydrogen-bond donors (Lipinski definition) is 2. The molecule has 0 bridgehead atoms. The maximum absolute atomic E-state index is 12.2. The summed E-state index contributed by atoms with van der Waals surface area (Å²) in [6.07, 6.45) is 6.34. The molecule has 0 spiro atoms. The van der Waals surface area contributed by atoms with Crippen molar-refractivity contribution in [3.05, 3.63) is 29.3 Å². The molecule has 20 heavy (non-hydrogen) atoms. The number of benzene rings is 1. The second kappa shape index (κ2) is 6.78. The van der Waals surface area contributed by atoms with Gasteiger partial charge < -0.3 is 11.1 Å². The molecule has 1 amide bonds. The van der Waals surface area contributed by atoms with Gasteiger partial charge in [0, 0.05) is 17.8 Å². The Balaban J connectivity index is 2.13. The first-order valence-electron chi connectivity index (χ1n) is 7.75. The summed E-state index contributed by atoms with van der Waals surface area (Å²) >= 11 is 0. The van der Waals surface area contributed by atoms with Gasteiger partial charge in [0.2, 0.25) is 0 Å². The van der Waals surface area contributed by atoms with Gasteiger partial charge in [-0.25, -0.2) is 0 Å². The predicted molar refractivity (Wildman–Crippen MR) is 83.9 cm³/mol. The molecule has 0 radical (unpaired) electrons. The maximum atomic E-state index is 12.2. The van der Waals surface area contributed by atoms with Crippen LogP contribution in [0.25, 0.3) is 0 Å². The Labute approximate surface area is 121 Å². The predicted octanol–water partition coefficient (Wildman–Crippen LogP) is 3.70. The third-order valence-corrected chi connectivity index (χ3v) is 3.99. The minimum Gasteiger partial charge on any atom is -0.399 e. The quantitative estimate of drug-likeness (QED) is 0.822. The van der Waals surface area contributed by atoms with Crippen LogP contribution in [0.2, 0.25) is 0 Å². The monoisotopic (exact) mass is 274 g/mol. The molecule has 0 heterocycles. The zero-order valence-corrected chi connectivity index (χ0v) is 12.6. The molecule has 3 nitrogen and oxygen atoms in total. The fourth-order valence-electron chi connectivity index (χ4n) is 2.88. The summed E-state index contributed by atoms with van der Waals surface area (Å²) in [7, 11) is 0. The number of nitrogen functional groups attached to an aromatic ring is 1. The van der Waals surface area contributed by atoms with Crippen LogP contribution in [0.5, 0.6) is 0 Å². The van der Waals surface area contributed by atoms with Crippen LogP contribution < -0.4 is 11.1 Å². The normalized spacial score (nSPS) is 16.4. The lowest BCUT2D eigenvalue weighted by atomic mass is 9.83. The number of amides is 1. The molecule has 3 heteroatoms. The highest BCUT2D eigenvalue weighted by Gasteiger charge is 2.17. The van der Waals surface area contributed by atoms with Crippen molar-refractivity contribution in [2.45, 2.75) is 51.9 Å². The Bertz CT molecular complexity index is 462. The van der Waals surface area contributed by atoms with Crippen molar-refractivity contribution in [3.63, 3.8) is 0 Å². The summed E-state index contributed by atoms with van der Waals surface area (Å²) in [5.74, 6) is 1.02. The first-order valence-corrected chi connectivity index (χ1v) is 7.75. The Morgan fingerprint density at radius 2 is 1.95 bits per heavy atom. The van der Waals surface area contributed by atoms with E-state index in [4.69, 9.17) is 5.73 Å². The molecule has 0 aliphatic heterocycles. The van der Waals surface area contributed by atoms with E-state index in [1.165, 1.54) is 37.7 Å². The first kappa shape index (κ1) is 14.9. The van der Waals surface area contributed by atoms with Crippen LogP contribution in [0, 0.1) is 5.92 Å². The number of rotatable bonds is 4. The zero-order valence-electron chi connectivity index (χ0n) is 12.6. The highest BCUT2D eigenvalue weighted by atomic mass is 16.1.